The number of aromatic nitrogens is 1. The Morgan fingerprint density at radius 1 is 1.43 bits per heavy atom. The van der Waals surface area contributed by atoms with Gasteiger partial charge in [-0.1, -0.05) is 19.3 Å². The summed E-state index contributed by atoms with van der Waals surface area (Å²) in [6.07, 6.45) is 5.90. The van der Waals surface area contributed by atoms with Gasteiger partial charge in [0.15, 0.2) is 0 Å². The second-order valence-electron chi connectivity index (χ2n) is 5.34. The fourth-order valence-corrected chi connectivity index (χ4v) is 3.97. The summed E-state index contributed by atoms with van der Waals surface area (Å²) in [4.78, 5) is 16.1. The third-order valence-electron chi connectivity index (χ3n) is 3.86. The quantitative estimate of drug-likeness (QED) is 0.832. The lowest BCUT2D eigenvalue weighted by Crippen LogP contribution is -2.19. The normalized spacial score (nSPS) is 17.8. The minimum Gasteiger partial charge on any atom is -0.477 e. The number of carboxylic acids is 1. The van der Waals surface area contributed by atoms with Gasteiger partial charge < -0.3 is 14.6 Å². The Hall–Kier alpha value is -0.980. The molecule has 0 aromatic carbocycles. The number of aromatic carboxylic acids is 1. The number of carbonyl (C=O) groups is 1. The van der Waals surface area contributed by atoms with Crippen molar-refractivity contribution >= 4 is 17.3 Å². The Morgan fingerprint density at radius 3 is 2.71 bits per heavy atom. The summed E-state index contributed by atoms with van der Waals surface area (Å²) in [5.74, 6) is -0.494. The van der Waals surface area contributed by atoms with Gasteiger partial charge in [0, 0.05) is 13.7 Å². The Kier molecular flexibility index (Phi) is 6.14. The van der Waals surface area contributed by atoms with E-state index in [4.69, 9.17) is 9.47 Å². The molecule has 21 heavy (non-hydrogen) atoms. The average Bonchev–Trinajstić information content (AvgIpc) is 2.90. The van der Waals surface area contributed by atoms with E-state index in [1.165, 1.54) is 30.6 Å². The first-order valence-electron chi connectivity index (χ1n) is 7.50. The number of hydrogen-bond acceptors (Lipinski definition) is 5. The summed E-state index contributed by atoms with van der Waals surface area (Å²) < 4.78 is 11.0. The molecule has 1 unspecified atom stereocenters. The summed E-state index contributed by atoms with van der Waals surface area (Å²) >= 11 is 1.23. The third-order valence-corrected chi connectivity index (χ3v) is 5.00. The molecular formula is C15H23NO4S. The van der Waals surface area contributed by atoms with Gasteiger partial charge in [0.2, 0.25) is 0 Å². The van der Waals surface area contributed by atoms with Crippen LogP contribution in [0.4, 0.5) is 0 Å². The molecule has 0 spiro atoms. The van der Waals surface area contributed by atoms with Gasteiger partial charge in [-0.25, -0.2) is 9.78 Å². The van der Waals surface area contributed by atoms with Crippen LogP contribution in [-0.4, -0.2) is 29.8 Å². The number of carboxylic acid groups (broad SMARTS) is 1. The van der Waals surface area contributed by atoms with Crippen LogP contribution in [0.5, 0.6) is 0 Å². The van der Waals surface area contributed by atoms with E-state index in [0.717, 1.165) is 17.8 Å². The zero-order chi connectivity index (χ0) is 15.2. The monoisotopic (exact) mass is 313 g/mol. The lowest BCUT2D eigenvalue weighted by Gasteiger charge is -2.28. The molecule has 118 valence electrons. The molecule has 1 saturated carbocycles. The molecule has 5 nitrogen and oxygen atoms in total. The van der Waals surface area contributed by atoms with Crippen LogP contribution in [-0.2, 0) is 16.1 Å². The molecule has 1 aliphatic rings. The highest BCUT2D eigenvalue weighted by Crippen LogP contribution is 2.39. The van der Waals surface area contributed by atoms with Gasteiger partial charge in [0.05, 0.1) is 12.3 Å². The van der Waals surface area contributed by atoms with Crippen molar-refractivity contribution < 1.29 is 19.4 Å². The van der Waals surface area contributed by atoms with Crippen molar-refractivity contribution in [2.45, 2.75) is 51.7 Å². The molecule has 1 aromatic rings. The van der Waals surface area contributed by atoms with Crippen LogP contribution in [0.15, 0.2) is 0 Å². The first kappa shape index (κ1) is 16.4. The van der Waals surface area contributed by atoms with Crippen LogP contribution in [0.2, 0.25) is 0 Å². The van der Waals surface area contributed by atoms with Gasteiger partial charge >= 0.3 is 5.97 Å². The highest BCUT2D eigenvalue weighted by molar-refractivity contribution is 7.13. The van der Waals surface area contributed by atoms with Crippen molar-refractivity contribution in [2.24, 2.45) is 5.92 Å². The second-order valence-corrected chi connectivity index (χ2v) is 6.37. The van der Waals surface area contributed by atoms with Crippen molar-refractivity contribution in [3.63, 3.8) is 0 Å². The summed E-state index contributed by atoms with van der Waals surface area (Å²) in [7, 11) is 1.55. The van der Waals surface area contributed by atoms with Crippen LogP contribution in [0.1, 0.15) is 65.5 Å². The van der Waals surface area contributed by atoms with Crippen LogP contribution in [0, 0.1) is 5.92 Å². The molecule has 0 amide bonds. The number of rotatable bonds is 7. The lowest BCUT2D eigenvalue weighted by molar-refractivity contribution is 0.00529. The molecule has 1 N–H and O–H groups in total. The maximum absolute atomic E-state index is 11.3. The standard InChI is InChI=1S/C15H23NO4S/c1-3-20-12(10-7-5-4-6-8-10)14-16-11(9-19-2)13(21-14)15(17)18/h10,12H,3-9H2,1-2H3,(H,17,18). The van der Waals surface area contributed by atoms with Gasteiger partial charge in [-0.2, -0.15) is 0 Å². The predicted molar refractivity (Wildman–Crippen MR) is 80.7 cm³/mol. The summed E-state index contributed by atoms with van der Waals surface area (Å²) in [5, 5.41) is 10.1. The van der Waals surface area contributed by atoms with E-state index in [1.807, 2.05) is 6.92 Å². The number of ether oxygens (including phenoxy) is 2. The third kappa shape index (κ3) is 4.02. The molecule has 1 heterocycles. The second kappa shape index (κ2) is 7.87. The summed E-state index contributed by atoms with van der Waals surface area (Å²) in [6, 6.07) is 0. The highest BCUT2D eigenvalue weighted by Gasteiger charge is 2.30. The molecule has 0 bridgehead atoms. The molecule has 2 rings (SSSR count). The van der Waals surface area contributed by atoms with E-state index in [-0.39, 0.29) is 17.6 Å². The molecule has 1 atom stereocenters. The van der Waals surface area contributed by atoms with Crippen LogP contribution in [0.25, 0.3) is 0 Å². The van der Waals surface area contributed by atoms with Crippen LogP contribution < -0.4 is 0 Å². The van der Waals surface area contributed by atoms with E-state index in [1.54, 1.807) is 7.11 Å². The summed E-state index contributed by atoms with van der Waals surface area (Å²) in [5.41, 5.74) is 0.505. The first-order chi connectivity index (χ1) is 10.2. The summed E-state index contributed by atoms with van der Waals surface area (Å²) in [6.45, 7) is 2.81. The van der Waals surface area contributed by atoms with Crippen molar-refractivity contribution in [1.82, 2.24) is 4.98 Å². The van der Waals surface area contributed by atoms with Gasteiger partial charge in [-0.3, -0.25) is 0 Å². The molecular weight excluding hydrogens is 290 g/mol. The maximum Gasteiger partial charge on any atom is 0.347 e. The molecule has 1 fully saturated rings. The van der Waals surface area contributed by atoms with Crippen molar-refractivity contribution in [2.75, 3.05) is 13.7 Å². The Bertz CT molecular complexity index is 468. The Labute approximate surface area is 129 Å². The van der Waals surface area contributed by atoms with Gasteiger partial charge in [-0.15, -0.1) is 11.3 Å². The fourth-order valence-electron chi connectivity index (χ4n) is 2.92. The zero-order valence-electron chi connectivity index (χ0n) is 12.6. The molecule has 0 aliphatic heterocycles. The molecule has 0 saturated heterocycles. The van der Waals surface area contributed by atoms with E-state index >= 15 is 0 Å². The minimum atomic E-state index is -0.940. The molecule has 6 heteroatoms. The maximum atomic E-state index is 11.3. The lowest BCUT2D eigenvalue weighted by atomic mass is 9.85. The molecule has 1 aliphatic carbocycles. The predicted octanol–water partition coefficient (Wildman–Crippen LogP) is 3.65. The van der Waals surface area contributed by atoms with Gasteiger partial charge in [0.1, 0.15) is 16.0 Å². The van der Waals surface area contributed by atoms with Gasteiger partial charge in [-0.05, 0) is 25.7 Å². The largest absolute Gasteiger partial charge is 0.477 e. The Balaban J connectivity index is 2.26. The topological polar surface area (TPSA) is 68.7 Å². The highest BCUT2D eigenvalue weighted by atomic mass is 32.1. The van der Waals surface area contributed by atoms with E-state index in [2.05, 4.69) is 4.98 Å². The van der Waals surface area contributed by atoms with Crippen molar-refractivity contribution in [3.8, 4) is 0 Å². The average molecular weight is 313 g/mol. The fraction of sp³-hybridized carbons (Fsp3) is 0.733. The van der Waals surface area contributed by atoms with Crippen LogP contribution in [0.3, 0.4) is 0 Å². The zero-order valence-corrected chi connectivity index (χ0v) is 13.4. The van der Waals surface area contributed by atoms with Crippen molar-refractivity contribution in [3.05, 3.63) is 15.6 Å². The van der Waals surface area contributed by atoms with E-state index < -0.39 is 5.97 Å². The van der Waals surface area contributed by atoms with Crippen LogP contribution >= 0.6 is 11.3 Å². The van der Waals surface area contributed by atoms with Crippen molar-refractivity contribution in [1.29, 1.82) is 0 Å². The number of thiazole rings is 1. The smallest absolute Gasteiger partial charge is 0.347 e. The number of nitrogens with zero attached hydrogens (tertiary/aromatic N) is 1. The first-order valence-corrected chi connectivity index (χ1v) is 8.32. The van der Waals surface area contributed by atoms with Gasteiger partial charge in [0.25, 0.3) is 0 Å². The Morgan fingerprint density at radius 2 is 2.14 bits per heavy atom. The SMILES string of the molecule is CCOC(c1nc(COC)c(C(=O)O)s1)C1CCCCC1. The number of hydrogen-bond donors (Lipinski definition) is 1. The van der Waals surface area contributed by atoms with E-state index in [0.29, 0.717) is 18.2 Å². The van der Waals surface area contributed by atoms with E-state index in [9.17, 15) is 9.90 Å². The number of methoxy groups -OCH3 is 1. The minimum absolute atomic E-state index is 0.0796. The molecule has 0 radical (unpaired) electrons. The molecule has 1 aromatic heterocycles.